The van der Waals surface area contributed by atoms with E-state index in [0.29, 0.717) is 6.42 Å². The number of aliphatic carboxylic acids is 1. The average molecular weight is 178 g/mol. The van der Waals surface area contributed by atoms with Crippen LogP contribution in [0.3, 0.4) is 0 Å². The summed E-state index contributed by atoms with van der Waals surface area (Å²) in [6, 6.07) is 0. The molecule has 4 nitrogen and oxygen atoms in total. The zero-order valence-corrected chi connectivity index (χ0v) is 7.32. The molecule has 68 valence electrons. The van der Waals surface area contributed by atoms with Gasteiger partial charge in [0, 0.05) is 24.9 Å². The van der Waals surface area contributed by atoms with Gasteiger partial charge in [-0.05, 0) is 6.92 Å². The van der Waals surface area contributed by atoms with Gasteiger partial charge in [-0.1, -0.05) is 5.92 Å². The van der Waals surface area contributed by atoms with Gasteiger partial charge < -0.3 is 9.67 Å². The van der Waals surface area contributed by atoms with Gasteiger partial charge >= 0.3 is 5.97 Å². The quantitative estimate of drug-likeness (QED) is 0.672. The van der Waals surface area contributed by atoms with Crippen LogP contribution in [0.25, 0.3) is 0 Å². The number of carboxylic acids is 1. The van der Waals surface area contributed by atoms with Gasteiger partial charge in [0.2, 0.25) is 0 Å². The zero-order chi connectivity index (χ0) is 9.68. The highest BCUT2D eigenvalue weighted by Gasteiger charge is 1.97. The van der Waals surface area contributed by atoms with Gasteiger partial charge in [-0.15, -0.1) is 0 Å². The van der Waals surface area contributed by atoms with Crippen molar-refractivity contribution in [1.82, 2.24) is 9.55 Å². The van der Waals surface area contributed by atoms with Crippen LogP contribution in [0, 0.1) is 11.8 Å². The Hall–Kier alpha value is -1.76. The molecule has 4 heteroatoms. The second-order valence-corrected chi connectivity index (χ2v) is 2.41. The molecule has 0 atom stereocenters. The molecule has 1 N–H and O–H groups in total. The van der Waals surface area contributed by atoms with Crippen LogP contribution in [0.1, 0.15) is 12.7 Å². The molecule has 0 aliphatic heterocycles. The number of carboxylic acid groups (broad SMARTS) is 1. The van der Waals surface area contributed by atoms with E-state index >= 15 is 0 Å². The number of aryl methyl sites for hydroxylation is 1. The van der Waals surface area contributed by atoms with Gasteiger partial charge in [-0.25, -0.2) is 9.78 Å². The Morgan fingerprint density at radius 3 is 3.15 bits per heavy atom. The van der Waals surface area contributed by atoms with Gasteiger partial charge in [-0.2, -0.15) is 0 Å². The Bertz CT molecular complexity index is 357. The minimum atomic E-state index is -1.10. The standard InChI is InChI=1S/C9H10N2O2/c1-2-11-7-6-10-8(11)4-3-5-9(12)13/h6-7H,2,4H2,1H3,(H,12,13). The number of nitrogens with zero attached hydrogens (tertiary/aromatic N) is 2. The second-order valence-electron chi connectivity index (χ2n) is 2.41. The van der Waals surface area contributed by atoms with Crippen molar-refractivity contribution in [1.29, 1.82) is 0 Å². The highest BCUT2D eigenvalue weighted by atomic mass is 16.4. The van der Waals surface area contributed by atoms with E-state index in [0.717, 1.165) is 12.4 Å². The predicted octanol–water partition coefficient (Wildman–Crippen LogP) is 0.533. The maximum absolute atomic E-state index is 10.1. The second kappa shape index (κ2) is 4.31. The van der Waals surface area contributed by atoms with Crippen LogP contribution in [0.2, 0.25) is 0 Å². The molecular weight excluding hydrogens is 168 g/mol. The van der Waals surface area contributed by atoms with Crippen molar-refractivity contribution in [2.24, 2.45) is 0 Å². The van der Waals surface area contributed by atoms with Gasteiger partial charge in [0.15, 0.2) is 0 Å². The molecule has 0 saturated carbocycles. The molecule has 0 fully saturated rings. The van der Waals surface area contributed by atoms with Crippen molar-refractivity contribution in [2.45, 2.75) is 19.9 Å². The molecule has 13 heavy (non-hydrogen) atoms. The maximum atomic E-state index is 10.1. The summed E-state index contributed by atoms with van der Waals surface area (Å²) in [6.45, 7) is 2.82. The van der Waals surface area contributed by atoms with E-state index in [2.05, 4.69) is 10.9 Å². The van der Waals surface area contributed by atoms with Crippen molar-refractivity contribution in [3.8, 4) is 11.8 Å². The molecule has 0 bridgehead atoms. The number of hydrogen-bond donors (Lipinski definition) is 1. The first-order valence-electron chi connectivity index (χ1n) is 3.96. The van der Waals surface area contributed by atoms with Crippen molar-refractivity contribution >= 4 is 5.97 Å². The molecule has 0 unspecified atom stereocenters. The summed E-state index contributed by atoms with van der Waals surface area (Å²) in [4.78, 5) is 14.1. The minimum Gasteiger partial charge on any atom is -0.472 e. The summed E-state index contributed by atoms with van der Waals surface area (Å²) >= 11 is 0. The fourth-order valence-electron chi connectivity index (χ4n) is 0.994. The number of aromatic nitrogens is 2. The fourth-order valence-corrected chi connectivity index (χ4v) is 0.994. The molecule has 0 aliphatic carbocycles. The number of hydrogen-bond acceptors (Lipinski definition) is 2. The summed E-state index contributed by atoms with van der Waals surface area (Å²) in [7, 11) is 0. The first-order chi connectivity index (χ1) is 6.24. The summed E-state index contributed by atoms with van der Waals surface area (Å²) in [5.74, 6) is 4.28. The topological polar surface area (TPSA) is 55.1 Å². The first kappa shape index (κ1) is 9.33. The molecule has 1 aromatic heterocycles. The molecule has 0 spiro atoms. The SMILES string of the molecule is CCn1ccnc1CC#CC(=O)O. The summed E-state index contributed by atoms with van der Waals surface area (Å²) in [5.41, 5.74) is 0. The normalized spacial score (nSPS) is 9.00. The zero-order valence-electron chi connectivity index (χ0n) is 7.32. The lowest BCUT2D eigenvalue weighted by Crippen LogP contribution is -1.99. The van der Waals surface area contributed by atoms with Gasteiger partial charge in [-0.3, -0.25) is 0 Å². The Balaban J connectivity index is 2.65. The number of carbonyl (C=O) groups is 1. The lowest BCUT2D eigenvalue weighted by Gasteiger charge is -1.98. The van der Waals surface area contributed by atoms with Crippen LogP contribution in [-0.2, 0) is 17.8 Å². The van der Waals surface area contributed by atoms with Crippen LogP contribution in [0.15, 0.2) is 12.4 Å². The summed E-state index contributed by atoms with van der Waals surface area (Å²) in [5, 5.41) is 8.27. The van der Waals surface area contributed by atoms with Crippen molar-refractivity contribution in [2.75, 3.05) is 0 Å². The third-order valence-electron chi connectivity index (χ3n) is 1.58. The monoisotopic (exact) mass is 178 g/mol. The number of rotatable bonds is 2. The largest absolute Gasteiger partial charge is 0.472 e. The fraction of sp³-hybridized carbons (Fsp3) is 0.333. The van der Waals surface area contributed by atoms with Crippen LogP contribution in [0.5, 0.6) is 0 Å². The van der Waals surface area contributed by atoms with Crippen LogP contribution in [0.4, 0.5) is 0 Å². The lowest BCUT2D eigenvalue weighted by atomic mass is 10.4. The van der Waals surface area contributed by atoms with E-state index in [9.17, 15) is 4.79 Å². The molecule has 0 amide bonds. The van der Waals surface area contributed by atoms with Crippen molar-refractivity contribution in [3.05, 3.63) is 18.2 Å². The van der Waals surface area contributed by atoms with Crippen molar-refractivity contribution < 1.29 is 9.90 Å². The summed E-state index contributed by atoms with van der Waals surface area (Å²) in [6.07, 6.45) is 3.91. The average Bonchev–Trinajstić information content (AvgIpc) is 2.51. The Kier molecular flexibility index (Phi) is 3.09. The van der Waals surface area contributed by atoms with Gasteiger partial charge in [0.1, 0.15) is 5.82 Å². The first-order valence-corrected chi connectivity index (χ1v) is 3.96. The predicted molar refractivity (Wildman–Crippen MR) is 47.0 cm³/mol. The molecule has 0 aromatic carbocycles. The van der Waals surface area contributed by atoms with E-state index in [1.165, 1.54) is 0 Å². The Labute approximate surface area is 76.2 Å². The molecule has 0 aliphatic rings. The number of imidazole rings is 1. The minimum absolute atomic E-state index is 0.382. The molecular formula is C9H10N2O2. The molecule has 0 saturated heterocycles. The maximum Gasteiger partial charge on any atom is 0.381 e. The van der Waals surface area contributed by atoms with E-state index in [4.69, 9.17) is 5.11 Å². The molecule has 1 rings (SSSR count). The Morgan fingerprint density at radius 2 is 2.54 bits per heavy atom. The van der Waals surface area contributed by atoms with Crippen molar-refractivity contribution in [3.63, 3.8) is 0 Å². The lowest BCUT2D eigenvalue weighted by molar-refractivity contribution is -0.130. The van der Waals surface area contributed by atoms with E-state index in [1.54, 1.807) is 6.20 Å². The third kappa shape index (κ3) is 2.64. The van der Waals surface area contributed by atoms with Gasteiger partial charge in [0.05, 0.1) is 6.42 Å². The molecule has 0 radical (unpaired) electrons. The summed E-state index contributed by atoms with van der Waals surface area (Å²) < 4.78 is 1.93. The Morgan fingerprint density at radius 1 is 1.77 bits per heavy atom. The van der Waals surface area contributed by atoms with Crippen LogP contribution < -0.4 is 0 Å². The van der Waals surface area contributed by atoms with Gasteiger partial charge in [0.25, 0.3) is 0 Å². The van der Waals surface area contributed by atoms with E-state index in [-0.39, 0.29) is 0 Å². The molecule has 1 aromatic rings. The van der Waals surface area contributed by atoms with E-state index < -0.39 is 5.97 Å². The molecule has 1 heterocycles. The highest BCUT2D eigenvalue weighted by molar-refractivity contribution is 5.86. The highest BCUT2D eigenvalue weighted by Crippen LogP contribution is 1.96. The van der Waals surface area contributed by atoms with Crippen LogP contribution >= 0.6 is 0 Å². The third-order valence-corrected chi connectivity index (χ3v) is 1.58. The smallest absolute Gasteiger partial charge is 0.381 e. The van der Waals surface area contributed by atoms with E-state index in [1.807, 2.05) is 23.6 Å². The van der Waals surface area contributed by atoms with Crippen LogP contribution in [-0.4, -0.2) is 20.6 Å².